The lowest BCUT2D eigenvalue weighted by Crippen LogP contribution is -2.25. The van der Waals surface area contributed by atoms with Gasteiger partial charge >= 0.3 is 0 Å². The maximum absolute atomic E-state index is 13.1. The van der Waals surface area contributed by atoms with Gasteiger partial charge in [0.25, 0.3) is 5.56 Å². The van der Waals surface area contributed by atoms with Crippen molar-refractivity contribution >= 4 is 28.4 Å². The number of hydrogen-bond donors (Lipinski definition) is 0. The monoisotopic (exact) mass is 436 g/mol. The van der Waals surface area contributed by atoms with Crippen LogP contribution in [0.15, 0.2) is 89.5 Å². The summed E-state index contributed by atoms with van der Waals surface area (Å²) in [5.41, 5.74) is 3.49. The third-order valence-electron chi connectivity index (χ3n) is 5.29. The van der Waals surface area contributed by atoms with Gasteiger partial charge in [0.2, 0.25) is 4.96 Å². The quantitative estimate of drug-likeness (QED) is 0.429. The summed E-state index contributed by atoms with van der Waals surface area (Å²) in [6.45, 7) is 0. The molecule has 0 saturated carbocycles. The Kier molecular flexibility index (Phi) is 4.40. The highest BCUT2D eigenvalue weighted by Gasteiger charge is 2.23. The molecular formula is C25H16N4O2S. The predicted molar refractivity (Wildman–Crippen MR) is 124 cm³/mol. The number of thiazole rings is 1. The van der Waals surface area contributed by atoms with Crippen LogP contribution in [0.25, 0.3) is 28.5 Å². The van der Waals surface area contributed by atoms with Gasteiger partial charge in [-0.2, -0.15) is 9.50 Å². The first kappa shape index (κ1) is 18.7. The average molecular weight is 436 g/mol. The van der Waals surface area contributed by atoms with Crippen molar-refractivity contribution in [1.82, 2.24) is 19.6 Å². The van der Waals surface area contributed by atoms with Crippen molar-refractivity contribution in [3.63, 3.8) is 0 Å². The molecule has 0 bridgehead atoms. The molecule has 3 aromatic heterocycles. The number of pyridine rings is 1. The number of benzene rings is 2. The molecule has 0 radical (unpaired) electrons. The van der Waals surface area contributed by atoms with Crippen molar-refractivity contribution < 1.29 is 4.74 Å². The molecule has 0 aliphatic carbocycles. The fourth-order valence-corrected chi connectivity index (χ4v) is 4.67. The normalized spacial score (nSPS) is 15.9. The first-order valence-corrected chi connectivity index (χ1v) is 10.9. The van der Waals surface area contributed by atoms with Gasteiger partial charge in [0.05, 0.1) is 4.53 Å². The molecule has 6 rings (SSSR count). The molecule has 5 aromatic rings. The topological polar surface area (TPSA) is 69.4 Å². The van der Waals surface area contributed by atoms with Gasteiger partial charge < -0.3 is 4.74 Å². The van der Waals surface area contributed by atoms with Gasteiger partial charge in [-0.1, -0.05) is 59.9 Å². The van der Waals surface area contributed by atoms with Crippen molar-refractivity contribution in [3.8, 4) is 17.1 Å². The zero-order valence-corrected chi connectivity index (χ0v) is 17.6. The second-order valence-corrected chi connectivity index (χ2v) is 8.39. The number of nitrogens with zero attached hydrogens (tertiary/aromatic N) is 4. The maximum Gasteiger partial charge on any atom is 0.291 e. The van der Waals surface area contributed by atoms with Crippen LogP contribution in [0.1, 0.15) is 17.2 Å². The van der Waals surface area contributed by atoms with Crippen LogP contribution in [0.5, 0.6) is 5.75 Å². The van der Waals surface area contributed by atoms with Crippen LogP contribution in [0, 0.1) is 0 Å². The lowest BCUT2D eigenvalue weighted by atomic mass is 9.96. The molecule has 0 amide bonds. The molecule has 0 N–H and O–H groups in total. The van der Waals surface area contributed by atoms with Crippen molar-refractivity contribution in [1.29, 1.82) is 0 Å². The molecule has 1 atom stereocenters. The zero-order valence-electron chi connectivity index (χ0n) is 16.8. The molecule has 154 valence electrons. The summed E-state index contributed by atoms with van der Waals surface area (Å²) >= 11 is 1.32. The molecule has 6 nitrogen and oxygen atoms in total. The average Bonchev–Trinajstić information content (AvgIpc) is 3.39. The number of hydrogen-bond acceptors (Lipinski definition) is 6. The predicted octanol–water partition coefficient (Wildman–Crippen LogP) is 3.93. The highest BCUT2D eigenvalue weighted by atomic mass is 32.1. The molecule has 2 aromatic carbocycles. The number of rotatable bonds is 3. The first-order chi connectivity index (χ1) is 15.8. The second-order valence-electron chi connectivity index (χ2n) is 7.38. The van der Waals surface area contributed by atoms with Crippen LogP contribution >= 0.6 is 11.3 Å². The van der Waals surface area contributed by atoms with E-state index >= 15 is 0 Å². The fourth-order valence-electron chi connectivity index (χ4n) is 3.77. The van der Waals surface area contributed by atoms with E-state index in [1.807, 2.05) is 72.8 Å². The van der Waals surface area contributed by atoms with Gasteiger partial charge in [-0.15, -0.1) is 5.10 Å². The molecule has 1 unspecified atom stereocenters. The SMILES string of the molecule is O=c1c(=CC2=Cc3ccccc3OC2c2ccccc2)sc2nc(-c3cccnc3)nn12. The van der Waals surface area contributed by atoms with Crippen LogP contribution in [0.4, 0.5) is 0 Å². The van der Waals surface area contributed by atoms with E-state index in [1.165, 1.54) is 15.9 Å². The molecule has 1 aliphatic rings. The molecule has 0 saturated heterocycles. The summed E-state index contributed by atoms with van der Waals surface area (Å²) in [6, 6.07) is 21.6. The molecular weight excluding hydrogens is 420 g/mol. The summed E-state index contributed by atoms with van der Waals surface area (Å²) < 4.78 is 8.25. The van der Waals surface area contributed by atoms with Crippen molar-refractivity contribution in [2.75, 3.05) is 0 Å². The van der Waals surface area contributed by atoms with Gasteiger partial charge in [0, 0.05) is 23.5 Å². The summed E-state index contributed by atoms with van der Waals surface area (Å²) in [7, 11) is 0. The minimum absolute atomic E-state index is 0.195. The first-order valence-electron chi connectivity index (χ1n) is 10.1. The highest BCUT2D eigenvalue weighted by Crippen LogP contribution is 2.37. The third kappa shape index (κ3) is 3.19. The fraction of sp³-hybridized carbons (Fsp3) is 0.0400. The number of fused-ring (bicyclic) bond motifs is 2. The van der Waals surface area contributed by atoms with Gasteiger partial charge in [0.1, 0.15) is 11.9 Å². The summed E-state index contributed by atoms with van der Waals surface area (Å²) in [6.07, 6.45) is 7.03. The van der Waals surface area contributed by atoms with Crippen molar-refractivity contribution in [2.24, 2.45) is 0 Å². The lowest BCUT2D eigenvalue weighted by molar-refractivity contribution is 0.244. The van der Waals surface area contributed by atoms with E-state index in [4.69, 9.17) is 4.74 Å². The molecule has 4 heterocycles. The van der Waals surface area contributed by atoms with E-state index in [9.17, 15) is 4.79 Å². The Hall–Kier alpha value is -4.10. The summed E-state index contributed by atoms with van der Waals surface area (Å²) in [5.74, 6) is 1.31. The van der Waals surface area contributed by atoms with Crippen LogP contribution in [0.2, 0.25) is 0 Å². The van der Waals surface area contributed by atoms with Crippen molar-refractivity contribution in [3.05, 3.63) is 111 Å². The van der Waals surface area contributed by atoms with E-state index < -0.39 is 0 Å². The third-order valence-corrected chi connectivity index (χ3v) is 6.25. The largest absolute Gasteiger partial charge is 0.480 e. The van der Waals surface area contributed by atoms with E-state index in [2.05, 4.69) is 21.1 Å². The summed E-state index contributed by atoms with van der Waals surface area (Å²) in [4.78, 5) is 22.3. The van der Waals surface area contributed by atoms with Crippen LogP contribution < -0.4 is 14.8 Å². The Bertz CT molecular complexity index is 1570. The van der Waals surface area contributed by atoms with Gasteiger partial charge in [-0.3, -0.25) is 9.78 Å². The smallest absolute Gasteiger partial charge is 0.291 e. The Morgan fingerprint density at radius 2 is 1.84 bits per heavy atom. The Morgan fingerprint density at radius 3 is 2.66 bits per heavy atom. The minimum atomic E-state index is -0.307. The standard InChI is InChI=1S/C25H16N4O2S/c30-24-21(32-25-27-23(28-29(24)25)18-10-6-12-26-15-18)14-19-13-17-9-4-5-11-20(17)31-22(19)16-7-2-1-3-8-16/h1-15,22H. The van der Waals surface area contributed by atoms with Gasteiger partial charge in [0.15, 0.2) is 5.82 Å². The highest BCUT2D eigenvalue weighted by molar-refractivity contribution is 7.15. The van der Waals surface area contributed by atoms with Crippen molar-refractivity contribution in [2.45, 2.75) is 6.10 Å². The van der Waals surface area contributed by atoms with Crippen LogP contribution in [-0.2, 0) is 0 Å². The number of ether oxygens (including phenoxy) is 1. The second kappa shape index (κ2) is 7.55. The number of para-hydroxylation sites is 1. The summed E-state index contributed by atoms with van der Waals surface area (Å²) in [5, 5.41) is 4.40. The lowest BCUT2D eigenvalue weighted by Gasteiger charge is -2.26. The Labute approximate surface area is 186 Å². The van der Waals surface area contributed by atoms with E-state index in [-0.39, 0.29) is 11.7 Å². The maximum atomic E-state index is 13.1. The molecule has 1 aliphatic heterocycles. The Morgan fingerprint density at radius 1 is 1.00 bits per heavy atom. The zero-order chi connectivity index (χ0) is 21.5. The van der Waals surface area contributed by atoms with E-state index in [0.29, 0.717) is 15.3 Å². The van der Waals surface area contributed by atoms with E-state index in [0.717, 1.165) is 28.0 Å². The molecule has 32 heavy (non-hydrogen) atoms. The van der Waals surface area contributed by atoms with Gasteiger partial charge in [-0.05, 0) is 41.5 Å². The van der Waals surface area contributed by atoms with E-state index in [1.54, 1.807) is 12.4 Å². The van der Waals surface area contributed by atoms with Gasteiger partial charge in [-0.25, -0.2) is 0 Å². The minimum Gasteiger partial charge on any atom is -0.480 e. The van der Waals surface area contributed by atoms with Crippen LogP contribution in [-0.4, -0.2) is 19.6 Å². The van der Waals surface area contributed by atoms with Crippen LogP contribution in [0.3, 0.4) is 0 Å². The molecule has 7 heteroatoms. The molecule has 0 spiro atoms. The Balaban J connectivity index is 1.48. The number of aromatic nitrogens is 4. The molecule has 0 fully saturated rings.